The molecule has 0 saturated heterocycles. The minimum atomic E-state index is -1.52. The van der Waals surface area contributed by atoms with Crippen LogP contribution in [0.5, 0.6) is 5.75 Å². The number of aliphatic carboxylic acids is 2. The minimum absolute atomic E-state index is 0.0643. The zero-order valence-electron chi connectivity index (χ0n) is 17.8. The quantitative estimate of drug-likeness (QED) is 0.201. The number of phenolic OH excluding ortho intramolecular Hbond substituents is 1. The normalized spacial score (nSPS) is 12.8. The number of aromatic hydroxyl groups is 1. The van der Waals surface area contributed by atoms with Crippen LogP contribution in [0.1, 0.15) is 32.3 Å². The highest BCUT2D eigenvalue weighted by Gasteiger charge is 2.34. The molecule has 1 aromatic carbocycles. The number of nitrogens with two attached hydrogens (primary N) is 1. The summed E-state index contributed by atoms with van der Waals surface area (Å²) in [6.07, 6.45) is -0.588. The molecular weight excluding hydrogens is 424 g/mol. The first-order valence-electron chi connectivity index (χ1n) is 9.69. The van der Waals surface area contributed by atoms with Gasteiger partial charge in [0.15, 0.2) is 0 Å². The second kappa shape index (κ2) is 11.6. The molecule has 0 heterocycles. The standard InChI is InChI=1S/C20H28N4O8/c1-20(2,24-17(30)13(21)9-11-3-5-12(25)6-4-11)19(32)23-14(7-8-15(26)27)18(31)22-10-16(28)29/h3-6,13-14,25H,7-10,21H2,1-2H3,(H,22,31)(H,23,32)(H,24,30)(H,26,27)(H,28,29)/t13-,14-/m0/s1. The molecule has 0 fully saturated rings. The molecule has 0 aliphatic rings. The smallest absolute Gasteiger partial charge is 0.322 e. The predicted molar refractivity (Wildman–Crippen MR) is 111 cm³/mol. The van der Waals surface area contributed by atoms with Crippen molar-refractivity contribution in [2.45, 2.75) is 50.7 Å². The molecule has 0 aliphatic carbocycles. The molecule has 12 heteroatoms. The summed E-state index contributed by atoms with van der Waals surface area (Å²) in [5.41, 5.74) is 5.08. The van der Waals surface area contributed by atoms with Crippen LogP contribution < -0.4 is 21.7 Å². The van der Waals surface area contributed by atoms with Crippen LogP contribution in [0.4, 0.5) is 0 Å². The number of carboxylic acids is 2. The molecule has 1 aromatic rings. The Labute approximate surface area is 184 Å². The van der Waals surface area contributed by atoms with Gasteiger partial charge in [-0.05, 0) is 44.4 Å². The number of amides is 3. The molecule has 0 aliphatic heterocycles. The van der Waals surface area contributed by atoms with E-state index in [-0.39, 0.29) is 18.6 Å². The Morgan fingerprint density at radius 3 is 2.12 bits per heavy atom. The summed E-state index contributed by atoms with van der Waals surface area (Å²) in [7, 11) is 0. The molecular formula is C20H28N4O8. The molecule has 1 rings (SSSR count). The highest BCUT2D eigenvalue weighted by Crippen LogP contribution is 2.12. The molecule has 12 nitrogen and oxygen atoms in total. The van der Waals surface area contributed by atoms with Crippen molar-refractivity contribution in [1.82, 2.24) is 16.0 Å². The van der Waals surface area contributed by atoms with E-state index in [1.165, 1.54) is 26.0 Å². The van der Waals surface area contributed by atoms with Crippen molar-refractivity contribution in [2.24, 2.45) is 5.73 Å². The SMILES string of the molecule is CC(C)(NC(=O)[C@@H](N)Cc1ccc(O)cc1)C(=O)N[C@@H](CCC(=O)O)C(=O)NCC(=O)O. The van der Waals surface area contributed by atoms with Gasteiger partial charge in [0, 0.05) is 6.42 Å². The summed E-state index contributed by atoms with van der Waals surface area (Å²) in [5, 5.41) is 33.7. The Hall–Kier alpha value is -3.67. The number of phenols is 1. The lowest BCUT2D eigenvalue weighted by Crippen LogP contribution is -2.61. The average molecular weight is 452 g/mol. The summed E-state index contributed by atoms with van der Waals surface area (Å²) in [6.45, 7) is 2.04. The van der Waals surface area contributed by atoms with E-state index in [9.17, 15) is 29.1 Å². The van der Waals surface area contributed by atoms with Crippen molar-refractivity contribution in [2.75, 3.05) is 6.54 Å². The molecule has 0 spiro atoms. The Morgan fingerprint density at radius 1 is 1.00 bits per heavy atom. The average Bonchev–Trinajstić information content (AvgIpc) is 2.70. The minimum Gasteiger partial charge on any atom is -0.508 e. The van der Waals surface area contributed by atoms with Gasteiger partial charge >= 0.3 is 11.9 Å². The van der Waals surface area contributed by atoms with Crippen molar-refractivity contribution in [3.05, 3.63) is 29.8 Å². The van der Waals surface area contributed by atoms with Crippen LogP contribution in [-0.4, -0.2) is 69.1 Å². The fourth-order valence-electron chi connectivity index (χ4n) is 2.60. The number of carbonyl (C=O) groups is 5. The van der Waals surface area contributed by atoms with Gasteiger partial charge in [-0.15, -0.1) is 0 Å². The van der Waals surface area contributed by atoms with Crippen LogP contribution in [0.3, 0.4) is 0 Å². The van der Waals surface area contributed by atoms with Crippen molar-refractivity contribution in [3.63, 3.8) is 0 Å². The van der Waals surface area contributed by atoms with E-state index in [0.29, 0.717) is 5.56 Å². The van der Waals surface area contributed by atoms with Crippen LogP contribution in [0.2, 0.25) is 0 Å². The van der Waals surface area contributed by atoms with Gasteiger partial charge in [0.05, 0.1) is 6.04 Å². The number of nitrogens with one attached hydrogen (secondary N) is 3. The highest BCUT2D eigenvalue weighted by molar-refractivity contribution is 5.95. The van der Waals surface area contributed by atoms with Crippen molar-refractivity contribution in [1.29, 1.82) is 0 Å². The molecule has 0 bridgehead atoms. The fourth-order valence-corrected chi connectivity index (χ4v) is 2.60. The first kappa shape index (κ1) is 26.4. The molecule has 2 atom stereocenters. The second-order valence-corrected chi connectivity index (χ2v) is 7.66. The highest BCUT2D eigenvalue weighted by atomic mass is 16.4. The second-order valence-electron chi connectivity index (χ2n) is 7.66. The molecule has 0 aromatic heterocycles. The molecule has 0 saturated carbocycles. The van der Waals surface area contributed by atoms with E-state index >= 15 is 0 Å². The van der Waals surface area contributed by atoms with Gasteiger partial charge in [0.2, 0.25) is 17.7 Å². The third-order valence-electron chi connectivity index (χ3n) is 4.41. The fraction of sp³-hybridized carbons (Fsp3) is 0.450. The maximum absolute atomic E-state index is 12.7. The van der Waals surface area contributed by atoms with Crippen LogP contribution in [0.25, 0.3) is 0 Å². The van der Waals surface area contributed by atoms with Crippen molar-refractivity contribution >= 4 is 29.7 Å². The zero-order chi connectivity index (χ0) is 24.5. The van der Waals surface area contributed by atoms with E-state index in [4.69, 9.17) is 15.9 Å². The Bertz CT molecular complexity index is 854. The summed E-state index contributed by atoms with van der Waals surface area (Å²) in [6, 6.07) is 3.77. The van der Waals surface area contributed by atoms with Gasteiger partial charge in [0.25, 0.3) is 0 Å². The maximum Gasteiger partial charge on any atom is 0.322 e. The summed E-state index contributed by atoms with van der Waals surface area (Å²) < 4.78 is 0. The number of carbonyl (C=O) groups excluding carboxylic acids is 3. The van der Waals surface area contributed by atoms with Gasteiger partial charge < -0.3 is 37.0 Å². The lowest BCUT2D eigenvalue weighted by atomic mass is 10.00. The lowest BCUT2D eigenvalue weighted by molar-refractivity contribution is -0.140. The number of hydrogen-bond acceptors (Lipinski definition) is 7. The van der Waals surface area contributed by atoms with E-state index < -0.39 is 60.2 Å². The molecule has 0 unspecified atom stereocenters. The summed E-state index contributed by atoms with van der Waals surface area (Å²) in [5.74, 6) is -4.75. The van der Waals surface area contributed by atoms with E-state index in [1.807, 2.05) is 0 Å². The Morgan fingerprint density at radius 2 is 1.59 bits per heavy atom. The maximum atomic E-state index is 12.7. The number of rotatable bonds is 12. The van der Waals surface area contributed by atoms with Gasteiger partial charge in [0.1, 0.15) is 23.9 Å². The lowest BCUT2D eigenvalue weighted by Gasteiger charge is -2.29. The predicted octanol–water partition coefficient (Wildman–Crippen LogP) is -1.29. The van der Waals surface area contributed by atoms with Crippen LogP contribution in [-0.2, 0) is 30.4 Å². The number of carboxylic acid groups (broad SMARTS) is 2. The van der Waals surface area contributed by atoms with E-state index in [1.54, 1.807) is 12.1 Å². The third-order valence-corrected chi connectivity index (χ3v) is 4.41. The Kier molecular flexibility index (Phi) is 9.60. The molecule has 176 valence electrons. The zero-order valence-corrected chi connectivity index (χ0v) is 17.8. The molecule has 8 N–H and O–H groups in total. The van der Waals surface area contributed by atoms with Crippen molar-refractivity contribution in [3.8, 4) is 5.75 Å². The van der Waals surface area contributed by atoms with Crippen molar-refractivity contribution < 1.29 is 39.3 Å². The summed E-state index contributed by atoms with van der Waals surface area (Å²) >= 11 is 0. The monoisotopic (exact) mass is 452 g/mol. The topological polar surface area (TPSA) is 208 Å². The van der Waals surface area contributed by atoms with Crippen LogP contribution in [0.15, 0.2) is 24.3 Å². The van der Waals surface area contributed by atoms with Crippen LogP contribution >= 0.6 is 0 Å². The van der Waals surface area contributed by atoms with Gasteiger partial charge in [-0.1, -0.05) is 12.1 Å². The molecule has 0 radical (unpaired) electrons. The largest absolute Gasteiger partial charge is 0.508 e. The van der Waals surface area contributed by atoms with E-state index in [2.05, 4.69) is 16.0 Å². The number of hydrogen-bond donors (Lipinski definition) is 7. The first-order valence-corrected chi connectivity index (χ1v) is 9.69. The van der Waals surface area contributed by atoms with Crippen LogP contribution in [0, 0.1) is 0 Å². The molecule has 32 heavy (non-hydrogen) atoms. The third kappa shape index (κ3) is 9.00. The first-order chi connectivity index (χ1) is 14.8. The molecule has 3 amide bonds. The van der Waals surface area contributed by atoms with Gasteiger partial charge in [-0.25, -0.2) is 0 Å². The Balaban J connectivity index is 2.78. The van der Waals surface area contributed by atoms with E-state index in [0.717, 1.165) is 0 Å². The van der Waals surface area contributed by atoms with Gasteiger partial charge in [-0.2, -0.15) is 0 Å². The van der Waals surface area contributed by atoms with Gasteiger partial charge in [-0.3, -0.25) is 24.0 Å². The summed E-state index contributed by atoms with van der Waals surface area (Å²) in [4.78, 5) is 58.8. The number of benzene rings is 1.